The van der Waals surface area contributed by atoms with E-state index < -0.39 is 0 Å². The molecule has 0 spiro atoms. The molecule has 1 aliphatic rings. The Labute approximate surface area is 48.3 Å². The van der Waals surface area contributed by atoms with Gasteiger partial charge in [0.2, 0.25) is 0 Å². The number of alkyl halides is 1. The highest BCUT2D eigenvalue weighted by Gasteiger charge is 2.19. The first-order valence-corrected chi connectivity index (χ1v) is 3.05. The number of hydrogen-bond donors (Lipinski definition) is 1. The minimum absolute atomic E-state index is 0.109. The van der Waals surface area contributed by atoms with Crippen LogP contribution in [0.25, 0.3) is 0 Å². The predicted octanol–water partition coefficient (Wildman–Crippen LogP) is 1.14. The molecule has 0 aliphatic heterocycles. The van der Waals surface area contributed by atoms with Gasteiger partial charge in [0.05, 0.1) is 6.10 Å². The number of rotatable bonds is 0. The van der Waals surface area contributed by atoms with Gasteiger partial charge in [-0.2, -0.15) is 0 Å². The van der Waals surface area contributed by atoms with E-state index in [9.17, 15) is 0 Å². The topological polar surface area (TPSA) is 20.2 Å². The summed E-state index contributed by atoms with van der Waals surface area (Å²) in [6.45, 7) is 0. The van der Waals surface area contributed by atoms with Crippen LogP contribution < -0.4 is 0 Å². The molecule has 0 saturated heterocycles. The van der Waals surface area contributed by atoms with Crippen molar-refractivity contribution < 1.29 is 5.11 Å². The molecule has 2 atom stereocenters. The Kier molecular flexibility index (Phi) is 1.55. The smallest absolute Gasteiger partial charge is 0.0554 e. The quantitative estimate of drug-likeness (QED) is 0.476. The standard InChI is InChI=1S/C5H9ClO/c6-4-1-2-5(7)3-4/h4-5,7H,1-3H2. The van der Waals surface area contributed by atoms with E-state index >= 15 is 0 Å². The van der Waals surface area contributed by atoms with Crippen LogP contribution in [0, 0.1) is 0 Å². The molecule has 2 unspecified atom stereocenters. The molecule has 1 nitrogen and oxygen atoms in total. The van der Waals surface area contributed by atoms with Crippen molar-refractivity contribution >= 4 is 11.6 Å². The lowest BCUT2D eigenvalue weighted by Crippen LogP contribution is -1.98. The molecule has 0 bridgehead atoms. The largest absolute Gasteiger partial charge is 0.393 e. The van der Waals surface area contributed by atoms with E-state index in [0.29, 0.717) is 0 Å². The second-order valence-electron chi connectivity index (χ2n) is 2.06. The van der Waals surface area contributed by atoms with Gasteiger partial charge in [-0.1, -0.05) is 0 Å². The fourth-order valence-electron chi connectivity index (χ4n) is 0.904. The van der Waals surface area contributed by atoms with Gasteiger partial charge in [0.1, 0.15) is 0 Å². The summed E-state index contributed by atoms with van der Waals surface area (Å²) in [5.74, 6) is 0. The van der Waals surface area contributed by atoms with Crippen molar-refractivity contribution in [1.82, 2.24) is 0 Å². The van der Waals surface area contributed by atoms with Gasteiger partial charge in [0, 0.05) is 5.38 Å². The molecule has 1 fully saturated rings. The summed E-state index contributed by atoms with van der Waals surface area (Å²) in [5.41, 5.74) is 0. The zero-order valence-electron chi connectivity index (χ0n) is 4.10. The SMILES string of the molecule is OC1CCC(Cl)C1. The molecular formula is C5H9ClO. The molecule has 1 rings (SSSR count). The van der Waals surface area contributed by atoms with Crippen LogP contribution >= 0.6 is 11.6 Å². The van der Waals surface area contributed by atoms with Crippen LogP contribution in [0.15, 0.2) is 0 Å². The first-order chi connectivity index (χ1) is 3.29. The third-order valence-electron chi connectivity index (χ3n) is 1.34. The molecular weight excluding hydrogens is 112 g/mol. The minimum Gasteiger partial charge on any atom is -0.393 e. The van der Waals surface area contributed by atoms with Gasteiger partial charge in [-0.15, -0.1) is 11.6 Å². The highest BCUT2D eigenvalue weighted by atomic mass is 35.5. The maximum absolute atomic E-state index is 8.82. The van der Waals surface area contributed by atoms with Gasteiger partial charge in [0.15, 0.2) is 0 Å². The third kappa shape index (κ3) is 1.32. The van der Waals surface area contributed by atoms with E-state index in [1.807, 2.05) is 0 Å². The van der Waals surface area contributed by atoms with E-state index in [4.69, 9.17) is 16.7 Å². The van der Waals surface area contributed by atoms with Crippen LogP contribution in [0.2, 0.25) is 0 Å². The van der Waals surface area contributed by atoms with E-state index in [0.717, 1.165) is 19.3 Å². The second-order valence-corrected chi connectivity index (χ2v) is 2.68. The van der Waals surface area contributed by atoms with Crippen molar-refractivity contribution in [3.63, 3.8) is 0 Å². The van der Waals surface area contributed by atoms with Crippen molar-refractivity contribution in [2.75, 3.05) is 0 Å². The summed E-state index contributed by atoms with van der Waals surface area (Å²) in [6.07, 6.45) is 2.57. The predicted molar refractivity (Wildman–Crippen MR) is 29.5 cm³/mol. The normalized spacial score (nSPS) is 42.0. The Hall–Kier alpha value is 0.250. The van der Waals surface area contributed by atoms with Crippen molar-refractivity contribution in [3.8, 4) is 0 Å². The summed E-state index contributed by atoms with van der Waals surface area (Å²) < 4.78 is 0. The zero-order chi connectivity index (χ0) is 5.28. The molecule has 2 heteroatoms. The van der Waals surface area contributed by atoms with Crippen LogP contribution in [0.5, 0.6) is 0 Å². The molecule has 1 N–H and O–H groups in total. The van der Waals surface area contributed by atoms with E-state index in [1.54, 1.807) is 0 Å². The Morgan fingerprint density at radius 3 is 2.29 bits per heavy atom. The lowest BCUT2D eigenvalue weighted by molar-refractivity contribution is 0.183. The molecule has 0 amide bonds. The van der Waals surface area contributed by atoms with Crippen LogP contribution in [0.4, 0.5) is 0 Å². The Bertz CT molecular complexity index is 57.1. The summed E-state index contributed by atoms with van der Waals surface area (Å²) in [7, 11) is 0. The average molecular weight is 121 g/mol. The summed E-state index contributed by atoms with van der Waals surface area (Å²) in [6, 6.07) is 0. The first-order valence-electron chi connectivity index (χ1n) is 2.61. The average Bonchev–Trinajstić information content (AvgIpc) is 1.87. The van der Waals surface area contributed by atoms with Crippen LogP contribution in [-0.4, -0.2) is 16.6 Å². The molecule has 1 saturated carbocycles. The number of aliphatic hydroxyl groups excluding tert-OH is 1. The number of halogens is 1. The molecule has 0 aromatic heterocycles. The lowest BCUT2D eigenvalue weighted by atomic mass is 10.3. The summed E-state index contributed by atoms with van der Waals surface area (Å²) in [4.78, 5) is 0. The van der Waals surface area contributed by atoms with Gasteiger partial charge in [-0.25, -0.2) is 0 Å². The molecule has 0 heterocycles. The fourth-order valence-corrected chi connectivity index (χ4v) is 1.24. The second kappa shape index (κ2) is 2.01. The molecule has 0 radical (unpaired) electrons. The van der Waals surface area contributed by atoms with Gasteiger partial charge < -0.3 is 5.11 Å². The van der Waals surface area contributed by atoms with Crippen molar-refractivity contribution in [2.45, 2.75) is 30.7 Å². The first kappa shape index (κ1) is 5.39. The molecule has 0 aromatic rings. The molecule has 42 valence electrons. The minimum atomic E-state index is -0.109. The fraction of sp³-hybridized carbons (Fsp3) is 1.00. The van der Waals surface area contributed by atoms with Gasteiger partial charge >= 0.3 is 0 Å². The Morgan fingerprint density at radius 2 is 2.14 bits per heavy atom. The summed E-state index contributed by atoms with van der Waals surface area (Å²) in [5, 5.41) is 9.06. The molecule has 7 heavy (non-hydrogen) atoms. The maximum Gasteiger partial charge on any atom is 0.0554 e. The Balaban J connectivity index is 2.26. The van der Waals surface area contributed by atoms with Crippen LogP contribution in [0.3, 0.4) is 0 Å². The van der Waals surface area contributed by atoms with Gasteiger partial charge in [-0.05, 0) is 19.3 Å². The van der Waals surface area contributed by atoms with Crippen molar-refractivity contribution in [1.29, 1.82) is 0 Å². The number of aliphatic hydroxyl groups is 1. The van der Waals surface area contributed by atoms with Crippen LogP contribution in [0.1, 0.15) is 19.3 Å². The van der Waals surface area contributed by atoms with Crippen molar-refractivity contribution in [3.05, 3.63) is 0 Å². The van der Waals surface area contributed by atoms with Gasteiger partial charge in [-0.3, -0.25) is 0 Å². The highest BCUT2D eigenvalue weighted by molar-refractivity contribution is 6.20. The highest BCUT2D eigenvalue weighted by Crippen LogP contribution is 2.22. The third-order valence-corrected chi connectivity index (χ3v) is 1.74. The molecule has 1 aliphatic carbocycles. The monoisotopic (exact) mass is 120 g/mol. The van der Waals surface area contributed by atoms with Crippen molar-refractivity contribution in [2.24, 2.45) is 0 Å². The summed E-state index contributed by atoms with van der Waals surface area (Å²) >= 11 is 5.65. The van der Waals surface area contributed by atoms with Crippen LogP contribution in [-0.2, 0) is 0 Å². The maximum atomic E-state index is 8.82. The zero-order valence-corrected chi connectivity index (χ0v) is 4.86. The van der Waals surface area contributed by atoms with E-state index in [1.165, 1.54) is 0 Å². The Morgan fingerprint density at radius 1 is 1.43 bits per heavy atom. The van der Waals surface area contributed by atoms with E-state index in [-0.39, 0.29) is 11.5 Å². The van der Waals surface area contributed by atoms with E-state index in [2.05, 4.69) is 0 Å². The van der Waals surface area contributed by atoms with Gasteiger partial charge in [0.25, 0.3) is 0 Å². The lowest BCUT2D eigenvalue weighted by Gasteiger charge is -1.94. The molecule has 0 aromatic carbocycles. The number of hydrogen-bond acceptors (Lipinski definition) is 1.